The Morgan fingerprint density at radius 3 is 2.37 bits per heavy atom. The van der Waals surface area contributed by atoms with Gasteiger partial charge in [0.25, 0.3) is 0 Å². The fourth-order valence-electron chi connectivity index (χ4n) is 3.44. The summed E-state index contributed by atoms with van der Waals surface area (Å²) < 4.78 is 7.37. The molecule has 0 bridgehead atoms. The maximum absolute atomic E-state index is 12.8. The van der Waals surface area contributed by atoms with Gasteiger partial charge in [0.05, 0.1) is 5.69 Å². The number of halogens is 1. The van der Waals surface area contributed by atoms with Gasteiger partial charge in [0.2, 0.25) is 4.73 Å². The van der Waals surface area contributed by atoms with Gasteiger partial charge in [-0.2, -0.15) is 0 Å². The van der Waals surface area contributed by atoms with Crippen LogP contribution in [0.25, 0.3) is 16.5 Å². The summed E-state index contributed by atoms with van der Waals surface area (Å²) in [4.78, 5) is 12.8. The molecule has 5 nitrogen and oxygen atoms in total. The average Bonchev–Trinajstić information content (AvgIpc) is 3.44. The Balaban J connectivity index is 1.75. The molecule has 1 aliphatic rings. The molecular weight excluding hydrogens is 462 g/mol. The Morgan fingerprint density at radius 2 is 1.73 bits per heavy atom. The summed E-state index contributed by atoms with van der Waals surface area (Å²) in [6, 6.07) is 12.8. The number of rotatable bonds is 5. The summed E-state index contributed by atoms with van der Waals surface area (Å²) in [5.74, 6) is 0.382. The van der Waals surface area contributed by atoms with Crippen molar-refractivity contribution in [3.63, 3.8) is 0 Å². The van der Waals surface area contributed by atoms with Gasteiger partial charge in [-0.15, -0.1) is 10.2 Å². The molecule has 0 N–H and O–H groups in total. The molecule has 30 heavy (non-hydrogen) atoms. The highest BCUT2D eigenvalue weighted by atomic mass is 79.9. The van der Waals surface area contributed by atoms with Crippen molar-refractivity contribution in [1.82, 2.24) is 14.8 Å². The molecule has 0 radical (unpaired) electrons. The SMILES string of the molecule is CC(C)(C)OC(=O)C(C)(C)Sc1nnc(Br)n1-c1ccc(C2CC2)c2ccccc12. The third-order valence-corrected chi connectivity index (χ3v) is 6.66. The summed E-state index contributed by atoms with van der Waals surface area (Å²) in [7, 11) is 0. The Hall–Kier alpha value is -1.86. The first-order valence-electron chi connectivity index (χ1n) is 10.1. The van der Waals surface area contributed by atoms with E-state index >= 15 is 0 Å². The molecule has 2 aromatic carbocycles. The van der Waals surface area contributed by atoms with Crippen molar-refractivity contribution in [1.29, 1.82) is 0 Å². The van der Waals surface area contributed by atoms with Crippen LogP contribution in [0, 0.1) is 0 Å². The highest BCUT2D eigenvalue weighted by Crippen LogP contribution is 2.45. The molecule has 0 unspecified atom stereocenters. The van der Waals surface area contributed by atoms with Crippen molar-refractivity contribution < 1.29 is 9.53 Å². The minimum atomic E-state index is -0.818. The number of thioether (sulfide) groups is 1. The van der Waals surface area contributed by atoms with E-state index < -0.39 is 10.3 Å². The number of hydrogen-bond donors (Lipinski definition) is 0. The molecule has 0 spiro atoms. The zero-order valence-corrected chi connectivity index (χ0v) is 20.3. The number of carbonyl (C=O) groups excluding carboxylic acids is 1. The molecule has 1 saturated carbocycles. The molecule has 0 saturated heterocycles. The molecule has 1 heterocycles. The van der Waals surface area contributed by atoms with E-state index in [1.165, 1.54) is 35.6 Å². The number of carbonyl (C=O) groups is 1. The quantitative estimate of drug-likeness (QED) is 0.313. The monoisotopic (exact) mass is 487 g/mol. The molecule has 158 valence electrons. The molecule has 0 amide bonds. The van der Waals surface area contributed by atoms with E-state index in [4.69, 9.17) is 4.74 Å². The molecule has 0 aliphatic heterocycles. The fraction of sp³-hybridized carbons (Fsp3) is 0.435. The van der Waals surface area contributed by atoms with Gasteiger partial charge < -0.3 is 4.74 Å². The lowest BCUT2D eigenvalue weighted by atomic mass is 9.99. The number of ether oxygens (including phenoxy) is 1. The van der Waals surface area contributed by atoms with Gasteiger partial charge >= 0.3 is 5.97 Å². The van der Waals surface area contributed by atoms with Crippen molar-refractivity contribution in [2.75, 3.05) is 0 Å². The molecule has 0 atom stereocenters. The molecule has 3 aromatic rings. The van der Waals surface area contributed by atoms with Gasteiger partial charge in [0, 0.05) is 5.39 Å². The second-order valence-electron chi connectivity index (χ2n) is 9.20. The van der Waals surface area contributed by atoms with Crippen molar-refractivity contribution in [2.45, 2.75) is 68.9 Å². The highest BCUT2D eigenvalue weighted by Gasteiger charge is 2.36. The molecule has 1 aliphatic carbocycles. The van der Waals surface area contributed by atoms with E-state index in [0.717, 1.165) is 11.1 Å². The van der Waals surface area contributed by atoms with Gasteiger partial charge in [-0.3, -0.25) is 9.36 Å². The first-order valence-corrected chi connectivity index (χ1v) is 11.7. The topological polar surface area (TPSA) is 57.0 Å². The summed E-state index contributed by atoms with van der Waals surface area (Å²) in [5.41, 5.74) is 1.86. The van der Waals surface area contributed by atoms with Crippen LogP contribution in [0.1, 0.15) is 58.9 Å². The lowest BCUT2D eigenvalue weighted by Crippen LogP contribution is -2.36. The van der Waals surface area contributed by atoms with Crippen molar-refractivity contribution >= 4 is 44.4 Å². The number of hydrogen-bond acceptors (Lipinski definition) is 5. The highest BCUT2D eigenvalue weighted by molar-refractivity contribution is 9.10. The maximum Gasteiger partial charge on any atom is 0.322 e. The molecule has 4 rings (SSSR count). The van der Waals surface area contributed by atoms with Crippen LogP contribution in [0.15, 0.2) is 46.3 Å². The zero-order chi connectivity index (χ0) is 21.7. The normalized spacial score (nSPS) is 14.9. The van der Waals surface area contributed by atoms with Crippen LogP contribution in [-0.4, -0.2) is 31.1 Å². The van der Waals surface area contributed by atoms with Gasteiger partial charge in [-0.1, -0.05) is 42.1 Å². The third-order valence-electron chi connectivity index (χ3n) is 5.02. The van der Waals surface area contributed by atoms with Crippen LogP contribution in [0.3, 0.4) is 0 Å². The van der Waals surface area contributed by atoms with Gasteiger partial charge in [0.1, 0.15) is 10.3 Å². The van der Waals surface area contributed by atoms with Crippen molar-refractivity contribution in [2.24, 2.45) is 0 Å². The number of fused-ring (bicyclic) bond motifs is 1. The molecule has 1 fully saturated rings. The number of aromatic nitrogens is 3. The van der Waals surface area contributed by atoms with E-state index in [0.29, 0.717) is 15.8 Å². The van der Waals surface area contributed by atoms with Crippen molar-refractivity contribution in [3.05, 3.63) is 46.7 Å². The van der Waals surface area contributed by atoms with Crippen LogP contribution in [-0.2, 0) is 9.53 Å². The second-order valence-corrected chi connectivity index (χ2v) is 11.5. The van der Waals surface area contributed by atoms with Crippen molar-refractivity contribution in [3.8, 4) is 5.69 Å². The number of benzene rings is 2. The first-order chi connectivity index (χ1) is 14.1. The summed E-state index contributed by atoms with van der Waals surface area (Å²) in [5, 5.41) is 11.7. The van der Waals surface area contributed by atoms with Gasteiger partial charge in [0.15, 0.2) is 5.16 Å². The third kappa shape index (κ3) is 4.28. The standard InChI is InChI=1S/C23H26BrN3O2S/c1-22(2,3)29-19(28)23(4,5)30-21-26-25-20(24)27(21)18-13-12-15(14-10-11-14)16-8-6-7-9-17(16)18/h6-9,12-14H,10-11H2,1-5H3. The molecule has 7 heteroatoms. The number of nitrogens with zero attached hydrogens (tertiary/aromatic N) is 3. The summed E-state index contributed by atoms with van der Waals surface area (Å²) in [6.45, 7) is 9.33. The zero-order valence-electron chi connectivity index (χ0n) is 17.9. The van der Waals surface area contributed by atoms with Crippen LogP contribution in [0.2, 0.25) is 0 Å². The van der Waals surface area contributed by atoms with Crippen LogP contribution >= 0.6 is 27.7 Å². The van der Waals surface area contributed by atoms with E-state index in [1.54, 1.807) is 0 Å². The van der Waals surface area contributed by atoms with Crippen LogP contribution in [0.4, 0.5) is 0 Å². The van der Waals surface area contributed by atoms with E-state index in [9.17, 15) is 4.79 Å². The van der Waals surface area contributed by atoms with Crippen LogP contribution < -0.4 is 0 Å². The minimum absolute atomic E-state index is 0.278. The lowest BCUT2D eigenvalue weighted by Gasteiger charge is -2.27. The number of esters is 1. The van der Waals surface area contributed by atoms with Gasteiger partial charge in [-0.25, -0.2) is 0 Å². The van der Waals surface area contributed by atoms with E-state index in [2.05, 4.69) is 62.5 Å². The Bertz CT molecular complexity index is 1110. The Kier molecular flexibility index (Phi) is 5.47. The summed E-state index contributed by atoms with van der Waals surface area (Å²) in [6.07, 6.45) is 2.51. The Morgan fingerprint density at radius 1 is 1.07 bits per heavy atom. The van der Waals surface area contributed by atoms with E-state index in [1.807, 2.05) is 39.2 Å². The largest absolute Gasteiger partial charge is 0.459 e. The second kappa shape index (κ2) is 7.68. The maximum atomic E-state index is 12.8. The fourth-order valence-corrected chi connectivity index (χ4v) is 4.94. The van der Waals surface area contributed by atoms with Crippen LogP contribution in [0.5, 0.6) is 0 Å². The predicted octanol–water partition coefficient (Wildman–Crippen LogP) is 6.27. The Labute approximate surface area is 189 Å². The van der Waals surface area contributed by atoms with Gasteiger partial charge in [-0.05, 0) is 86.3 Å². The first kappa shape index (κ1) is 21.4. The molecule has 1 aromatic heterocycles. The average molecular weight is 488 g/mol. The van der Waals surface area contributed by atoms with E-state index in [-0.39, 0.29) is 5.97 Å². The smallest absolute Gasteiger partial charge is 0.322 e. The predicted molar refractivity (Wildman–Crippen MR) is 124 cm³/mol. The summed E-state index contributed by atoms with van der Waals surface area (Å²) >= 11 is 4.91. The molecular formula is C23H26BrN3O2S. The lowest BCUT2D eigenvalue weighted by molar-refractivity contribution is -0.156. The minimum Gasteiger partial charge on any atom is -0.459 e.